The Balaban J connectivity index is 1.88. The highest BCUT2D eigenvalue weighted by molar-refractivity contribution is 8.03. The number of amides is 1. The molecule has 0 unspecified atom stereocenters. The van der Waals surface area contributed by atoms with E-state index < -0.39 is 0 Å². The molecule has 0 spiro atoms. The molecular weight excluding hydrogens is 382 g/mol. The fourth-order valence-corrected chi connectivity index (χ4v) is 5.09. The van der Waals surface area contributed by atoms with E-state index in [1.807, 2.05) is 26.0 Å². The SMILES string of the molecule is Cc1cc(C)c(NC(=O)CSc2nnc(SCC(C)C)s2)c(Cl)c1. The fourth-order valence-electron chi connectivity index (χ4n) is 1.93. The number of thioether (sulfide) groups is 2. The highest BCUT2D eigenvalue weighted by atomic mass is 35.5. The molecule has 1 aromatic heterocycles. The largest absolute Gasteiger partial charge is 0.324 e. The van der Waals surface area contributed by atoms with Crippen LogP contribution in [0.3, 0.4) is 0 Å². The van der Waals surface area contributed by atoms with Crippen molar-refractivity contribution < 1.29 is 4.79 Å². The van der Waals surface area contributed by atoms with Gasteiger partial charge >= 0.3 is 0 Å². The summed E-state index contributed by atoms with van der Waals surface area (Å²) in [7, 11) is 0. The predicted molar refractivity (Wildman–Crippen MR) is 106 cm³/mol. The molecule has 0 atom stereocenters. The van der Waals surface area contributed by atoms with Crippen LogP contribution in [0.5, 0.6) is 0 Å². The number of carbonyl (C=O) groups is 1. The molecule has 0 radical (unpaired) electrons. The minimum atomic E-state index is -0.0968. The quantitative estimate of drug-likeness (QED) is 0.639. The molecule has 24 heavy (non-hydrogen) atoms. The summed E-state index contributed by atoms with van der Waals surface area (Å²) in [6.45, 7) is 8.26. The third-order valence-electron chi connectivity index (χ3n) is 2.95. The zero-order valence-corrected chi connectivity index (χ0v) is 17.3. The number of anilines is 1. The molecule has 0 aliphatic heterocycles. The lowest BCUT2D eigenvalue weighted by molar-refractivity contribution is -0.113. The second-order valence-electron chi connectivity index (χ2n) is 5.81. The Hall–Kier alpha value is -0.760. The van der Waals surface area contributed by atoms with Gasteiger partial charge in [0.05, 0.1) is 16.5 Å². The molecule has 1 aromatic carbocycles. The van der Waals surface area contributed by atoms with Crippen molar-refractivity contribution >= 4 is 58.1 Å². The Kier molecular flexibility index (Phi) is 7.40. The standard InChI is InChI=1S/C16H20ClN3OS3/c1-9(2)7-22-15-19-20-16(24-15)23-8-13(21)18-14-11(4)5-10(3)6-12(14)17/h5-6,9H,7-8H2,1-4H3,(H,18,21). The van der Waals surface area contributed by atoms with Crippen LogP contribution in [0.1, 0.15) is 25.0 Å². The normalized spacial score (nSPS) is 11.1. The van der Waals surface area contributed by atoms with Crippen LogP contribution >= 0.6 is 46.5 Å². The number of aryl methyl sites for hydroxylation is 2. The van der Waals surface area contributed by atoms with Crippen LogP contribution in [-0.4, -0.2) is 27.6 Å². The van der Waals surface area contributed by atoms with Crippen LogP contribution in [0.15, 0.2) is 20.8 Å². The van der Waals surface area contributed by atoms with E-state index in [9.17, 15) is 4.79 Å². The van der Waals surface area contributed by atoms with Crippen LogP contribution in [0, 0.1) is 19.8 Å². The molecule has 0 bridgehead atoms. The van der Waals surface area contributed by atoms with E-state index in [1.165, 1.54) is 23.1 Å². The summed E-state index contributed by atoms with van der Waals surface area (Å²) in [5.74, 6) is 1.82. The zero-order valence-electron chi connectivity index (χ0n) is 14.1. The van der Waals surface area contributed by atoms with Gasteiger partial charge in [-0.15, -0.1) is 10.2 Å². The van der Waals surface area contributed by atoms with Crippen LogP contribution in [-0.2, 0) is 4.79 Å². The van der Waals surface area contributed by atoms with Gasteiger partial charge in [-0.3, -0.25) is 4.79 Å². The summed E-state index contributed by atoms with van der Waals surface area (Å²) in [6.07, 6.45) is 0. The highest BCUT2D eigenvalue weighted by Gasteiger charge is 2.12. The summed E-state index contributed by atoms with van der Waals surface area (Å²) in [5.41, 5.74) is 2.71. The van der Waals surface area contributed by atoms with Crippen molar-refractivity contribution in [1.29, 1.82) is 0 Å². The van der Waals surface area contributed by atoms with Gasteiger partial charge in [0.25, 0.3) is 0 Å². The molecular formula is C16H20ClN3OS3. The maximum Gasteiger partial charge on any atom is 0.234 e. The molecule has 2 rings (SSSR count). The number of hydrogen-bond acceptors (Lipinski definition) is 6. The first kappa shape index (κ1) is 19.6. The third-order valence-corrected chi connectivity index (χ3v) is 6.87. The molecule has 0 saturated heterocycles. The maximum atomic E-state index is 12.2. The molecule has 1 amide bonds. The van der Waals surface area contributed by atoms with Crippen LogP contribution < -0.4 is 5.32 Å². The molecule has 0 saturated carbocycles. The van der Waals surface area contributed by atoms with Crippen molar-refractivity contribution in [2.24, 2.45) is 5.92 Å². The minimum absolute atomic E-state index is 0.0968. The maximum absolute atomic E-state index is 12.2. The Labute approximate surface area is 160 Å². The van der Waals surface area contributed by atoms with Gasteiger partial charge in [-0.2, -0.15) is 0 Å². The summed E-state index contributed by atoms with van der Waals surface area (Å²) >= 11 is 10.8. The van der Waals surface area contributed by atoms with E-state index in [-0.39, 0.29) is 11.7 Å². The monoisotopic (exact) mass is 401 g/mol. The van der Waals surface area contributed by atoms with Gasteiger partial charge in [0.2, 0.25) is 5.91 Å². The van der Waals surface area contributed by atoms with Gasteiger partial charge in [-0.1, -0.05) is 66.4 Å². The molecule has 130 valence electrons. The summed E-state index contributed by atoms with van der Waals surface area (Å²) in [6, 6.07) is 3.85. The van der Waals surface area contributed by atoms with Crippen LogP contribution in [0.4, 0.5) is 5.69 Å². The van der Waals surface area contributed by atoms with Crippen molar-refractivity contribution in [3.63, 3.8) is 0 Å². The number of aromatic nitrogens is 2. The van der Waals surface area contributed by atoms with E-state index in [0.717, 1.165) is 25.6 Å². The Bertz CT molecular complexity index is 695. The van der Waals surface area contributed by atoms with Crippen LogP contribution in [0.2, 0.25) is 5.02 Å². The first-order valence-corrected chi connectivity index (χ1v) is 10.7. The molecule has 1 N–H and O–H groups in total. The highest BCUT2D eigenvalue weighted by Crippen LogP contribution is 2.31. The average Bonchev–Trinajstić information content (AvgIpc) is 2.94. The fraction of sp³-hybridized carbons (Fsp3) is 0.438. The summed E-state index contributed by atoms with van der Waals surface area (Å²) < 4.78 is 1.76. The molecule has 0 aliphatic rings. The van der Waals surface area contributed by atoms with E-state index in [4.69, 9.17) is 11.6 Å². The number of hydrogen-bond donors (Lipinski definition) is 1. The van der Waals surface area contributed by atoms with E-state index in [0.29, 0.717) is 16.6 Å². The van der Waals surface area contributed by atoms with E-state index in [1.54, 1.807) is 11.8 Å². The van der Waals surface area contributed by atoms with Gasteiger partial charge in [0, 0.05) is 5.75 Å². The molecule has 0 fully saturated rings. The smallest absolute Gasteiger partial charge is 0.234 e. The Morgan fingerprint density at radius 3 is 2.54 bits per heavy atom. The van der Waals surface area contributed by atoms with Crippen molar-refractivity contribution in [2.75, 3.05) is 16.8 Å². The summed E-state index contributed by atoms with van der Waals surface area (Å²) in [4.78, 5) is 12.2. The van der Waals surface area contributed by atoms with Crippen molar-refractivity contribution in [1.82, 2.24) is 10.2 Å². The second kappa shape index (κ2) is 9.08. The number of halogens is 1. The zero-order chi connectivity index (χ0) is 17.7. The topological polar surface area (TPSA) is 54.9 Å². The van der Waals surface area contributed by atoms with E-state index >= 15 is 0 Å². The number of nitrogens with zero attached hydrogens (tertiary/aromatic N) is 2. The minimum Gasteiger partial charge on any atom is -0.324 e. The van der Waals surface area contributed by atoms with Crippen molar-refractivity contribution in [2.45, 2.75) is 36.4 Å². The Morgan fingerprint density at radius 1 is 1.25 bits per heavy atom. The molecule has 1 heterocycles. The number of nitrogens with one attached hydrogen (secondary N) is 1. The number of benzene rings is 1. The predicted octanol–water partition coefficient (Wildman–Crippen LogP) is 5.29. The van der Waals surface area contributed by atoms with Crippen molar-refractivity contribution in [3.8, 4) is 0 Å². The van der Waals surface area contributed by atoms with Crippen LogP contribution in [0.25, 0.3) is 0 Å². The van der Waals surface area contributed by atoms with Gasteiger partial charge in [-0.05, 0) is 37.0 Å². The molecule has 8 heteroatoms. The van der Waals surface area contributed by atoms with Gasteiger partial charge in [0.15, 0.2) is 8.68 Å². The molecule has 4 nitrogen and oxygen atoms in total. The number of rotatable bonds is 7. The number of carbonyl (C=O) groups excluding carboxylic acids is 1. The lowest BCUT2D eigenvalue weighted by atomic mass is 10.1. The average molecular weight is 402 g/mol. The van der Waals surface area contributed by atoms with Crippen molar-refractivity contribution in [3.05, 3.63) is 28.3 Å². The van der Waals surface area contributed by atoms with Gasteiger partial charge in [-0.25, -0.2) is 0 Å². The second-order valence-corrected chi connectivity index (χ2v) is 9.69. The van der Waals surface area contributed by atoms with E-state index in [2.05, 4.69) is 29.4 Å². The lowest BCUT2D eigenvalue weighted by Gasteiger charge is -2.11. The first-order chi connectivity index (χ1) is 11.3. The Morgan fingerprint density at radius 2 is 1.92 bits per heavy atom. The molecule has 0 aliphatic carbocycles. The summed E-state index contributed by atoms with van der Waals surface area (Å²) in [5, 5.41) is 11.7. The first-order valence-electron chi connectivity index (χ1n) is 7.51. The lowest BCUT2D eigenvalue weighted by Crippen LogP contribution is -2.15. The third kappa shape index (κ3) is 5.95. The van der Waals surface area contributed by atoms with Gasteiger partial charge < -0.3 is 5.32 Å². The molecule has 2 aromatic rings. The van der Waals surface area contributed by atoms with Gasteiger partial charge in [0.1, 0.15) is 0 Å².